The first-order valence-electron chi connectivity index (χ1n) is 3.87. The molecule has 0 spiro atoms. The minimum Gasteiger partial charge on any atom is -1.00 e. The molecule has 0 aliphatic heterocycles. The first-order chi connectivity index (χ1) is 7.08. The van der Waals surface area contributed by atoms with Crippen LogP contribution in [-0.2, 0) is 15.7 Å². The van der Waals surface area contributed by atoms with Crippen LogP contribution >= 0.6 is 15.2 Å². The molecule has 1 aromatic rings. The minimum atomic E-state index is -5.41. The molecule has 18 heavy (non-hydrogen) atoms. The van der Waals surface area contributed by atoms with Gasteiger partial charge < -0.3 is 32.1 Å². The van der Waals surface area contributed by atoms with E-state index in [1.54, 1.807) is 0 Å². The van der Waals surface area contributed by atoms with Crippen molar-refractivity contribution in [2.75, 3.05) is 0 Å². The summed E-state index contributed by atoms with van der Waals surface area (Å²) in [4.78, 5) is 38.7. The molecule has 0 aliphatic rings. The van der Waals surface area contributed by atoms with Crippen LogP contribution in [0.4, 0.5) is 0 Å². The van der Waals surface area contributed by atoms with E-state index in [2.05, 4.69) is 4.98 Å². The van der Waals surface area contributed by atoms with Crippen LogP contribution in [0.25, 0.3) is 0 Å². The van der Waals surface area contributed by atoms with E-state index in [4.69, 9.17) is 19.6 Å². The molecule has 9 nitrogen and oxygen atoms in total. The zero-order valence-corrected chi connectivity index (χ0v) is 15.6. The average molecular weight is 320 g/mol. The van der Waals surface area contributed by atoms with Gasteiger partial charge in [0.2, 0.25) is 0 Å². The summed E-state index contributed by atoms with van der Waals surface area (Å²) in [7, 11) is -10.8. The Kier molecular flexibility index (Phi) is 9.03. The van der Waals surface area contributed by atoms with Crippen molar-refractivity contribution in [2.45, 2.75) is 11.6 Å². The van der Waals surface area contributed by atoms with Gasteiger partial charge in [-0.05, 0) is 0 Å². The van der Waals surface area contributed by atoms with Gasteiger partial charge in [-0.25, -0.2) is 4.98 Å². The second-order valence-electron chi connectivity index (χ2n) is 3.10. The van der Waals surface area contributed by atoms with E-state index in [9.17, 15) is 14.2 Å². The largest absolute Gasteiger partial charge is 1.00 e. The summed E-state index contributed by atoms with van der Waals surface area (Å²) in [5.41, 5.74) is 0. The number of hydrogen-bond acceptors (Lipinski definition) is 4. The third kappa shape index (κ3) is 4.79. The molecule has 1 aromatic heterocycles. The molecule has 1 heterocycles. The number of rotatable bonds is 4. The van der Waals surface area contributed by atoms with Gasteiger partial charge in [-0.15, -0.1) is 0 Å². The monoisotopic (exact) mass is 320 g/mol. The summed E-state index contributed by atoms with van der Waals surface area (Å²) in [6, 6.07) is 0. The van der Waals surface area contributed by atoms with Gasteiger partial charge in [0.15, 0.2) is 0 Å². The smallest absolute Gasteiger partial charge is 1.00 e. The molecule has 96 valence electrons. The molecule has 0 aromatic carbocycles. The van der Waals surface area contributed by atoms with Gasteiger partial charge in [-0.3, -0.25) is 9.13 Å². The van der Waals surface area contributed by atoms with Crippen LogP contribution in [-0.4, -0.2) is 39.3 Å². The second-order valence-corrected chi connectivity index (χ2v) is 7.11. The van der Waals surface area contributed by atoms with Crippen LogP contribution < -0.4 is 59.1 Å². The summed E-state index contributed by atoms with van der Waals surface area (Å²) in [6.45, 7) is -0.957. The zero-order chi connectivity index (χ0) is 12.6. The summed E-state index contributed by atoms with van der Waals surface area (Å²) in [5.74, 6) is 0. The van der Waals surface area contributed by atoms with Crippen LogP contribution in [0, 0.1) is 0 Å². The Hall–Kier alpha value is 1.47. The Morgan fingerprint density at radius 1 is 1.17 bits per heavy atom. The van der Waals surface area contributed by atoms with Gasteiger partial charge in [-0.2, -0.15) is 0 Å². The standard InChI is InChI=1S/C5H10N2O7P2.2Na.2H/c8-5(15(9,10)11,16(12,13)14)3-7-2-1-6-4-7;;;;/h1-2,4,8H,3H2,(H2,9,10,11)(H2,12,13,14);;;;/q;2*+1;2*-1. The van der Waals surface area contributed by atoms with Gasteiger partial charge in [0.1, 0.15) is 0 Å². The van der Waals surface area contributed by atoms with Gasteiger partial charge in [0, 0.05) is 12.4 Å². The molecule has 5 N–H and O–H groups in total. The Morgan fingerprint density at radius 2 is 1.61 bits per heavy atom. The van der Waals surface area contributed by atoms with E-state index >= 15 is 0 Å². The van der Waals surface area contributed by atoms with Crippen LogP contribution in [0.15, 0.2) is 18.7 Å². The van der Waals surface area contributed by atoms with Crippen molar-refractivity contribution in [1.29, 1.82) is 0 Å². The topological polar surface area (TPSA) is 153 Å². The minimum absolute atomic E-state index is 0. The average Bonchev–Trinajstić information content (AvgIpc) is 2.52. The van der Waals surface area contributed by atoms with Crippen molar-refractivity contribution in [2.24, 2.45) is 0 Å². The normalized spacial score (nSPS) is 12.5. The molecule has 0 unspecified atom stereocenters. The van der Waals surface area contributed by atoms with Crippen LogP contribution in [0.5, 0.6) is 0 Å². The van der Waals surface area contributed by atoms with Crippen molar-refractivity contribution in [3.63, 3.8) is 0 Å². The third-order valence-corrected chi connectivity index (χ3v) is 5.60. The predicted molar refractivity (Wildman–Crippen MR) is 53.5 cm³/mol. The molecule has 0 saturated heterocycles. The molecule has 0 amide bonds. The molecular weight excluding hydrogens is 308 g/mol. The van der Waals surface area contributed by atoms with Crippen molar-refractivity contribution >= 4 is 15.2 Å². The molecule has 0 atom stereocenters. The molecule has 0 saturated carbocycles. The Morgan fingerprint density at radius 3 is 1.89 bits per heavy atom. The molecule has 0 bridgehead atoms. The number of aliphatic hydroxyl groups is 1. The molecular formula is C5H12N2Na2O7P2. The SMILES string of the molecule is O=P(O)(O)C(O)(Cn1ccnc1)P(=O)(O)O.[H-].[H-].[Na+].[Na+]. The maximum absolute atomic E-state index is 10.9. The summed E-state index contributed by atoms with van der Waals surface area (Å²) >= 11 is 0. The number of hydrogen-bond donors (Lipinski definition) is 5. The van der Waals surface area contributed by atoms with Crippen molar-refractivity contribution in [3.05, 3.63) is 18.7 Å². The third-order valence-electron chi connectivity index (χ3n) is 1.89. The Balaban J connectivity index is -0.000000320. The first kappa shape index (κ1) is 21.8. The van der Waals surface area contributed by atoms with E-state index < -0.39 is 26.8 Å². The number of imidazole rings is 1. The Labute approximate surface area is 149 Å². The maximum atomic E-state index is 10.9. The van der Waals surface area contributed by atoms with Gasteiger partial charge in [0.25, 0.3) is 5.08 Å². The van der Waals surface area contributed by atoms with Gasteiger partial charge >= 0.3 is 74.3 Å². The molecule has 0 aliphatic carbocycles. The fraction of sp³-hybridized carbons (Fsp3) is 0.400. The second kappa shape index (κ2) is 7.47. The molecule has 0 fully saturated rings. The fourth-order valence-electron chi connectivity index (χ4n) is 0.979. The summed E-state index contributed by atoms with van der Waals surface area (Å²) < 4.78 is 22.8. The summed E-state index contributed by atoms with van der Waals surface area (Å²) in [5, 5.41) is 6.04. The van der Waals surface area contributed by atoms with E-state index in [1.165, 1.54) is 12.4 Å². The number of aromatic nitrogens is 2. The van der Waals surface area contributed by atoms with Crippen molar-refractivity contribution in [1.82, 2.24) is 9.55 Å². The van der Waals surface area contributed by atoms with Crippen LogP contribution in [0.3, 0.4) is 0 Å². The summed E-state index contributed by atoms with van der Waals surface area (Å²) in [6.07, 6.45) is 3.51. The van der Waals surface area contributed by atoms with E-state index in [0.717, 1.165) is 10.9 Å². The van der Waals surface area contributed by atoms with E-state index in [-0.39, 0.29) is 62.0 Å². The molecule has 1 rings (SSSR count). The predicted octanol–water partition coefficient (Wildman–Crippen LogP) is -6.88. The quantitative estimate of drug-likeness (QED) is 0.271. The van der Waals surface area contributed by atoms with Crippen molar-refractivity contribution < 1.29 is 95.8 Å². The molecule has 0 radical (unpaired) electrons. The van der Waals surface area contributed by atoms with Crippen LogP contribution in [0.1, 0.15) is 2.85 Å². The van der Waals surface area contributed by atoms with Crippen molar-refractivity contribution in [3.8, 4) is 0 Å². The van der Waals surface area contributed by atoms with E-state index in [1.807, 2.05) is 0 Å². The molecule has 13 heteroatoms. The Bertz CT molecular complexity index is 442. The zero-order valence-electron chi connectivity index (χ0n) is 11.8. The van der Waals surface area contributed by atoms with Crippen LogP contribution in [0.2, 0.25) is 0 Å². The fourth-order valence-corrected chi connectivity index (χ4v) is 3.03. The van der Waals surface area contributed by atoms with Gasteiger partial charge in [0.05, 0.1) is 12.9 Å². The number of nitrogens with zero attached hydrogens (tertiary/aromatic N) is 2. The van der Waals surface area contributed by atoms with Gasteiger partial charge in [-0.1, -0.05) is 0 Å². The van der Waals surface area contributed by atoms with E-state index in [0.29, 0.717) is 0 Å². The first-order valence-corrected chi connectivity index (χ1v) is 7.10. The maximum Gasteiger partial charge on any atom is 1.00 e.